The fraction of sp³-hybridized carbons (Fsp3) is 0.222. The van der Waals surface area contributed by atoms with E-state index in [9.17, 15) is 9.59 Å². The van der Waals surface area contributed by atoms with Crippen LogP contribution >= 0.6 is 27.5 Å². The molecule has 0 heterocycles. The van der Waals surface area contributed by atoms with Crippen LogP contribution in [0, 0.1) is 0 Å². The molecule has 2 aromatic rings. The van der Waals surface area contributed by atoms with E-state index in [2.05, 4.69) is 33.7 Å². The molecule has 2 rings (SSSR count). The van der Waals surface area contributed by atoms with Crippen molar-refractivity contribution in [2.24, 2.45) is 0 Å². The number of rotatable bonds is 7. The lowest BCUT2D eigenvalue weighted by molar-refractivity contribution is -0.131. The molecule has 0 saturated carbocycles. The summed E-state index contributed by atoms with van der Waals surface area (Å²) in [5.41, 5.74) is 5.67. The monoisotopic (exact) mass is 440 g/mol. The van der Waals surface area contributed by atoms with Gasteiger partial charge in [-0.2, -0.15) is 0 Å². The van der Waals surface area contributed by atoms with Gasteiger partial charge in [-0.15, -0.1) is 0 Å². The number of amides is 2. The maximum Gasteiger partial charge on any atom is 0.276 e. The van der Waals surface area contributed by atoms with Gasteiger partial charge >= 0.3 is 0 Å². The van der Waals surface area contributed by atoms with Crippen LogP contribution in [0.1, 0.15) is 12.5 Å². The third-order valence-electron chi connectivity index (χ3n) is 3.29. The molecule has 0 saturated heterocycles. The van der Waals surface area contributed by atoms with E-state index >= 15 is 0 Å². The van der Waals surface area contributed by atoms with Crippen molar-refractivity contribution in [2.75, 3.05) is 13.2 Å². The van der Waals surface area contributed by atoms with E-state index in [1.807, 2.05) is 12.1 Å². The molecule has 0 fully saturated rings. The number of hydrazine groups is 1. The Morgan fingerprint density at radius 1 is 1.00 bits per heavy atom. The van der Waals surface area contributed by atoms with Crippen molar-refractivity contribution in [1.29, 1.82) is 0 Å². The number of hydrogen-bond acceptors (Lipinski definition) is 4. The lowest BCUT2D eigenvalue weighted by Gasteiger charge is -2.11. The van der Waals surface area contributed by atoms with E-state index in [0.717, 1.165) is 16.5 Å². The number of halogens is 2. The maximum atomic E-state index is 11.7. The van der Waals surface area contributed by atoms with Crippen molar-refractivity contribution in [3.05, 3.63) is 57.5 Å². The number of carbonyl (C=O) groups is 2. The van der Waals surface area contributed by atoms with Crippen LogP contribution in [-0.2, 0) is 16.0 Å². The molecule has 0 unspecified atom stereocenters. The van der Waals surface area contributed by atoms with E-state index < -0.39 is 11.8 Å². The molecule has 2 N–H and O–H groups in total. The average Bonchev–Trinajstić information content (AvgIpc) is 2.64. The zero-order valence-corrected chi connectivity index (χ0v) is 16.4. The Bertz CT molecular complexity index is 768. The predicted molar refractivity (Wildman–Crippen MR) is 102 cm³/mol. The molecule has 0 bridgehead atoms. The number of hydrogen-bond donors (Lipinski definition) is 2. The number of carbonyl (C=O) groups excluding carboxylic acids is 2. The molecular weight excluding hydrogens is 424 g/mol. The van der Waals surface area contributed by atoms with Gasteiger partial charge in [0.2, 0.25) is 0 Å². The minimum Gasteiger partial charge on any atom is -0.484 e. The second-order valence-corrected chi connectivity index (χ2v) is 6.54. The summed E-state index contributed by atoms with van der Waals surface area (Å²) in [5.74, 6) is 0.0624. The smallest absolute Gasteiger partial charge is 0.276 e. The number of nitrogens with one attached hydrogen (secondary N) is 2. The zero-order chi connectivity index (χ0) is 18.9. The van der Waals surface area contributed by atoms with Crippen LogP contribution in [0.15, 0.2) is 46.9 Å². The normalized spacial score (nSPS) is 10.1. The van der Waals surface area contributed by atoms with Crippen molar-refractivity contribution in [1.82, 2.24) is 10.9 Å². The van der Waals surface area contributed by atoms with Crippen LogP contribution in [0.25, 0.3) is 0 Å². The molecule has 0 atom stereocenters. The van der Waals surface area contributed by atoms with Gasteiger partial charge in [-0.1, -0.05) is 24.6 Å². The standard InChI is InChI=1S/C18H18BrClN2O4/c1-2-12-3-8-16(15(19)9-12)26-11-18(24)22-21-17(23)10-25-14-6-4-13(20)5-7-14/h3-9H,2,10-11H2,1H3,(H,21,23)(H,22,24). The quantitative estimate of drug-likeness (QED) is 0.647. The van der Waals surface area contributed by atoms with E-state index in [4.69, 9.17) is 21.1 Å². The SMILES string of the molecule is CCc1ccc(OCC(=O)NNC(=O)COc2ccc(Cl)cc2)c(Br)c1. The molecular formula is C18H18BrClN2O4. The minimum absolute atomic E-state index is 0.234. The largest absolute Gasteiger partial charge is 0.484 e. The average molecular weight is 442 g/mol. The summed E-state index contributed by atoms with van der Waals surface area (Å²) in [6.45, 7) is 1.57. The second-order valence-electron chi connectivity index (χ2n) is 5.25. The molecule has 138 valence electrons. The first kappa shape index (κ1) is 20.1. The topological polar surface area (TPSA) is 76.7 Å². The van der Waals surface area contributed by atoms with E-state index in [1.54, 1.807) is 30.3 Å². The van der Waals surface area contributed by atoms with E-state index in [0.29, 0.717) is 16.5 Å². The number of ether oxygens (including phenoxy) is 2. The van der Waals surface area contributed by atoms with Gasteiger partial charge in [0.25, 0.3) is 11.8 Å². The minimum atomic E-state index is -0.498. The number of aryl methyl sites for hydroxylation is 1. The van der Waals surface area contributed by atoms with Crippen LogP contribution < -0.4 is 20.3 Å². The van der Waals surface area contributed by atoms with Gasteiger partial charge in [0.1, 0.15) is 11.5 Å². The molecule has 0 aliphatic heterocycles. The van der Waals surface area contributed by atoms with Crippen molar-refractivity contribution in [2.45, 2.75) is 13.3 Å². The summed E-state index contributed by atoms with van der Waals surface area (Å²) in [7, 11) is 0. The molecule has 6 nitrogen and oxygen atoms in total. The number of benzene rings is 2. The van der Waals surface area contributed by atoms with Crippen LogP contribution in [0.2, 0.25) is 5.02 Å². The predicted octanol–water partition coefficient (Wildman–Crippen LogP) is 3.27. The Kier molecular flexibility index (Phi) is 7.74. The summed E-state index contributed by atoms with van der Waals surface area (Å²) in [4.78, 5) is 23.4. The van der Waals surface area contributed by atoms with Crippen LogP contribution in [-0.4, -0.2) is 25.0 Å². The van der Waals surface area contributed by atoms with Gasteiger partial charge in [0.15, 0.2) is 13.2 Å². The van der Waals surface area contributed by atoms with Gasteiger partial charge in [0.05, 0.1) is 4.47 Å². The molecule has 8 heteroatoms. The lowest BCUT2D eigenvalue weighted by Crippen LogP contribution is -2.45. The molecule has 26 heavy (non-hydrogen) atoms. The fourth-order valence-corrected chi connectivity index (χ4v) is 2.58. The molecule has 2 aromatic carbocycles. The summed E-state index contributed by atoms with van der Waals surface area (Å²) in [5, 5.41) is 0.574. The third kappa shape index (κ3) is 6.57. The summed E-state index contributed by atoms with van der Waals surface area (Å²) < 4.78 is 11.4. The Labute approximate surface area is 164 Å². The highest BCUT2D eigenvalue weighted by atomic mass is 79.9. The second kappa shape index (κ2) is 10.0. The molecule has 0 radical (unpaired) electrons. The molecule has 0 spiro atoms. The van der Waals surface area contributed by atoms with Crippen molar-refractivity contribution in [3.63, 3.8) is 0 Å². The van der Waals surface area contributed by atoms with Gasteiger partial charge in [-0.3, -0.25) is 20.4 Å². The Morgan fingerprint density at radius 3 is 2.19 bits per heavy atom. The van der Waals surface area contributed by atoms with Gasteiger partial charge in [0, 0.05) is 5.02 Å². The van der Waals surface area contributed by atoms with Crippen molar-refractivity contribution < 1.29 is 19.1 Å². The Balaban J connectivity index is 1.69. The highest BCUT2D eigenvalue weighted by molar-refractivity contribution is 9.10. The summed E-state index contributed by atoms with van der Waals surface area (Å²) in [6.07, 6.45) is 0.906. The van der Waals surface area contributed by atoms with Crippen LogP contribution in [0.5, 0.6) is 11.5 Å². The van der Waals surface area contributed by atoms with Crippen molar-refractivity contribution >= 4 is 39.3 Å². The first-order chi connectivity index (χ1) is 12.5. The first-order valence-corrected chi connectivity index (χ1v) is 9.02. The lowest BCUT2D eigenvalue weighted by atomic mass is 10.2. The van der Waals surface area contributed by atoms with Gasteiger partial charge in [-0.25, -0.2) is 0 Å². The van der Waals surface area contributed by atoms with Crippen LogP contribution in [0.3, 0.4) is 0 Å². The Morgan fingerprint density at radius 2 is 1.62 bits per heavy atom. The summed E-state index contributed by atoms with van der Waals surface area (Å²) >= 11 is 9.16. The van der Waals surface area contributed by atoms with E-state index in [1.165, 1.54) is 0 Å². The van der Waals surface area contributed by atoms with E-state index in [-0.39, 0.29) is 13.2 Å². The third-order valence-corrected chi connectivity index (χ3v) is 4.16. The molecule has 0 aromatic heterocycles. The fourth-order valence-electron chi connectivity index (χ4n) is 1.92. The highest BCUT2D eigenvalue weighted by Crippen LogP contribution is 2.26. The maximum absolute atomic E-state index is 11.7. The Hall–Kier alpha value is -2.25. The summed E-state index contributed by atoms with van der Waals surface area (Å²) in [6, 6.07) is 12.2. The molecule has 0 aliphatic carbocycles. The molecule has 2 amide bonds. The molecule has 0 aliphatic rings. The highest BCUT2D eigenvalue weighted by Gasteiger charge is 2.08. The van der Waals surface area contributed by atoms with Gasteiger partial charge < -0.3 is 9.47 Å². The van der Waals surface area contributed by atoms with Crippen molar-refractivity contribution in [3.8, 4) is 11.5 Å². The van der Waals surface area contributed by atoms with Crippen LogP contribution in [0.4, 0.5) is 0 Å². The first-order valence-electron chi connectivity index (χ1n) is 7.85. The van der Waals surface area contributed by atoms with Gasteiger partial charge in [-0.05, 0) is 64.3 Å². The zero-order valence-electron chi connectivity index (χ0n) is 14.1.